The third-order valence-corrected chi connectivity index (χ3v) is 5.18. The summed E-state index contributed by atoms with van der Waals surface area (Å²) in [5.74, 6) is 0. The van der Waals surface area contributed by atoms with E-state index in [1.54, 1.807) is 11.3 Å². The van der Waals surface area contributed by atoms with E-state index < -0.39 is 0 Å². The van der Waals surface area contributed by atoms with Crippen LogP contribution in [0.1, 0.15) is 28.7 Å². The standard InChI is InChI=1S/C10H14OS2/c1-7-3-4-8(13-7)9(11)10(12-2)5-6-10/h3-4,9,11H,5-6H2,1-2H3. The second kappa shape index (κ2) is 3.30. The fraction of sp³-hybridized carbons (Fsp3) is 0.600. The second-order valence-electron chi connectivity index (χ2n) is 3.62. The van der Waals surface area contributed by atoms with Gasteiger partial charge in [-0.3, -0.25) is 0 Å². The Hall–Kier alpha value is 0.01000. The van der Waals surface area contributed by atoms with Crippen molar-refractivity contribution >= 4 is 23.1 Å². The molecular weight excluding hydrogens is 200 g/mol. The van der Waals surface area contributed by atoms with Crippen LogP contribution >= 0.6 is 23.1 Å². The van der Waals surface area contributed by atoms with Crippen LogP contribution < -0.4 is 0 Å². The summed E-state index contributed by atoms with van der Waals surface area (Å²) in [5.41, 5.74) is 0. The molecule has 1 nitrogen and oxygen atoms in total. The molecule has 0 amide bonds. The van der Waals surface area contributed by atoms with Crippen molar-refractivity contribution in [1.82, 2.24) is 0 Å². The van der Waals surface area contributed by atoms with E-state index in [1.807, 2.05) is 11.8 Å². The molecule has 13 heavy (non-hydrogen) atoms. The molecule has 1 aromatic heterocycles. The van der Waals surface area contributed by atoms with Gasteiger partial charge >= 0.3 is 0 Å². The fourth-order valence-electron chi connectivity index (χ4n) is 1.57. The summed E-state index contributed by atoms with van der Waals surface area (Å²) < 4.78 is 0.150. The van der Waals surface area contributed by atoms with Crippen LogP contribution in [0.15, 0.2) is 12.1 Å². The normalized spacial score (nSPS) is 21.5. The largest absolute Gasteiger partial charge is 0.386 e. The van der Waals surface area contributed by atoms with Crippen molar-refractivity contribution in [3.63, 3.8) is 0 Å². The van der Waals surface area contributed by atoms with Crippen molar-refractivity contribution in [2.75, 3.05) is 6.26 Å². The highest BCUT2D eigenvalue weighted by atomic mass is 32.2. The minimum Gasteiger partial charge on any atom is -0.386 e. The zero-order chi connectivity index (χ0) is 9.47. The molecule has 1 fully saturated rings. The molecule has 3 heteroatoms. The molecule has 0 saturated heterocycles. The Morgan fingerprint density at radius 1 is 1.54 bits per heavy atom. The average Bonchev–Trinajstić information content (AvgIpc) is 2.82. The molecule has 0 radical (unpaired) electrons. The highest BCUT2D eigenvalue weighted by molar-refractivity contribution is 8.00. The lowest BCUT2D eigenvalue weighted by Crippen LogP contribution is -2.14. The molecule has 1 aliphatic carbocycles. The summed E-state index contributed by atoms with van der Waals surface area (Å²) in [5, 5.41) is 10.1. The number of hydrogen-bond acceptors (Lipinski definition) is 3. The van der Waals surface area contributed by atoms with Gasteiger partial charge in [0.2, 0.25) is 0 Å². The second-order valence-corrected chi connectivity index (χ2v) is 6.16. The number of hydrogen-bond donors (Lipinski definition) is 1. The van der Waals surface area contributed by atoms with E-state index in [0.29, 0.717) is 0 Å². The van der Waals surface area contributed by atoms with Gasteiger partial charge in [-0.15, -0.1) is 11.3 Å². The third kappa shape index (κ3) is 1.65. The van der Waals surface area contributed by atoms with Crippen molar-refractivity contribution in [3.05, 3.63) is 21.9 Å². The Morgan fingerprint density at radius 2 is 2.23 bits per heavy atom. The number of thioether (sulfide) groups is 1. The van der Waals surface area contributed by atoms with Gasteiger partial charge in [0.15, 0.2) is 0 Å². The van der Waals surface area contributed by atoms with Gasteiger partial charge in [-0.1, -0.05) is 0 Å². The predicted molar refractivity (Wildman–Crippen MR) is 59.5 cm³/mol. The van der Waals surface area contributed by atoms with Gasteiger partial charge in [0.05, 0.1) is 0 Å². The van der Waals surface area contributed by atoms with Crippen molar-refractivity contribution in [2.24, 2.45) is 0 Å². The van der Waals surface area contributed by atoms with E-state index in [0.717, 1.165) is 17.7 Å². The summed E-state index contributed by atoms with van der Waals surface area (Å²) in [6.45, 7) is 2.08. The van der Waals surface area contributed by atoms with Crippen LogP contribution in [-0.4, -0.2) is 16.1 Å². The minimum atomic E-state index is -0.249. The Kier molecular flexibility index (Phi) is 2.43. The van der Waals surface area contributed by atoms with Crippen LogP contribution in [-0.2, 0) is 0 Å². The Labute approximate surface area is 87.2 Å². The lowest BCUT2D eigenvalue weighted by molar-refractivity contribution is 0.171. The van der Waals surface area contributed by atoms with Gasteiger partial charge in [-0.25, -0.2) is 0 Å². The molecule has 0 aliphatic heterocycles. The molecule has 1 unspecified atom stereocenters. The molecule has 1 aromatic rings. The lowest BCUT2D eigenvalue weighted by atomic mass is 10.2. The van der Waals surface area contributed by atoms with Crippen LogP contribution in [0.5, 0.6) is 0 Å². The van der Waals surface area contributed by atoms with E-state index in [4.69, 9.17) is 0 Å². The Bertz CT molecular complexity index is 302. The molecule has 1 aliphatic rings. The van der Waals surface area contributed by atoms with Gasteiger partial charge in [0.25, 0.3) is 0 Å². The van der Waals surface area contributed by atoms with Crippen LogP contribution in [0.25, 0.3) is 0 Å². The summed E-state index contributed by atoms with van der Waals surface area (Å²) in [4.78, 5) is 2.41. The molecule has 1 N–H and O–H groups in total. The van der Waals surface area contributed by atoms with Crippen molar-refractivity contribution in [3.8, 4) is 0 Å². The molecule has 1 saturated carbocycles. The lowest BCUT2D eigenvalue weighted by Gasteiger charge is -2.18. The molecule has 0 bridgehead atoms. The highest BCUT2D eigenvalue weighted by Gasteiger charge is 2.49. The van der Waals surface area contributed by atoms with Crippen LogP contribution in [0, 0.1) is 6.92 Å². The predicted octanol–water partition coefficient (Wildman–Crippen LogP) is 2.99. The van der Waals surface area contributed by atoms with E-state index in [2.05, 4.69) is 25.3 Å². The Morgan fingerprint density at radius 3 is 2.62 bits per heavy atom. The first kappa shape index (κ1) is 9.56. The number of rotatable bonds is 3. The first-order chi connectivity index (χ1) is 6.18. The number of aryl methyl sites for hydroxylation is 1. The molecular formula is C10H14OS2. The molecule has 0 spiro atoms. The van der Waals surface area contributed by atoms with Crippen LogP contribution in [0.2, 0.25) is 0 Å². The number of aliphatic hydroxyl groups excluding tert-OH is 1. The quantitative estimate of drug-likeness (QED) is 0.834. The maximum atomic E-state index is 10.1. The SMILES string of the molecule is CSC1(C(O)c2ccc(C)s2)CC1. The zero-order valence-electron chi connectivity index (χ0n) is 7.91. The Balaban J connectivity index is 2.17. The molecule has 2 rings (SSSR count). The van der Waals surface area contributed by atoms with Crippen molar-refractivity contribution in [1.29, 1.82) is 0 Å². The first-order valence-corrected chi connectivity index (χ1v) is 6.52. The summed E-state index contributed by atoms with van der Waals surface area (Å²) >= 11 is 3.52. The third-order valence-electron chi connectivity index (χ3n) is 2.68. The van der Waals surface area contributed by atoms with Crippen molar-refractivity contribution < 1.29 is 5.11 Å². The minimum absolute atomic E-state index is 0.150. The smallest absolute Gasteiger partial charge is 0.103 e. The maximum absolute atomic E-state index is 10.1. The van der Waals surface area contributed by atoms with Gasteiger partial charge in [0, 0.05) is 14.5 Å². The summed E-state index contributed by atoms with van der Waals surface area (Å²) in [7, 11) is 0. The van der Waals surface area contributed by atoms with Gasteiger partial charge in [0.1, 0.15) is 6.10 Å². The fourth-order valence-corrected chi connectivity index (χ4v) is 3.49. The molecule has 72 valence electrons. The highest BCUT2D eigenvalue weighted by Crippen LogP contribution is 2.56. The summed E-state index contributed by atoms with van der Waals surface area (Å²) in [6, 6.07) is 4.14. The van der Waals surface area contributed by atoms with Gasteiger partial charge in [-0.2, -0.15) is 11.8 Å². The maximum Gasteiger partial charge on any atom is 0.103 e. The molecule has 1 atom stereocenters. The molecule has 1 heterocycles. The van der Waals surface area contributed by atoms with Gasteiger partial charge in [-0.05, 0) is 38.2 Å². The average molecular weight is 214 g/mol. The monoisotopic (exact) mass is 214 g/mol. The van der Waals surface area contributed by atoms with Gasteiger partial charge < -0.3 is 5.11 Å². The zero-order valence-corrected chi connectivity index (χ0v) is 9.54. The van der Waals surface area contributed by atoms with E-state index in [-0.39, 0.29) is 10.9 Å². The van der Waals surface area contributed by atoms with Crippen LogP contribution in [0.3, 0.4) is 0 Å². The number of thiophene rings is 1. The van der Waals surface area contributed by atoms with E-state index in [9.17, 15) is 5.11 Å². The van der Waals surface area contributed by atoms with Crippen LogP contribution in [0.4, 0.5) is 0 Å². The summed E-state index contributed by atoms with van der Waals surface area (Å²) in [6.07, 6.45) is 4.16. The molecule has 0 aromatic carbocycles. The first-order valence-electron chi connectivity index (χ1n) is 4.47. The van der Waals surface area contributed by atoms with Crippen molar-refractivity contribution in [2.45, 2.75) is 30.6 Å². The van der Waals surface area contributed by atoms with E-state index >= 15 is 0 Å². The topological polar surface area (TPSA) is 20.2 Å². The number of aliphatic hydroxyl groups is 1. The van der Waals surface area contributed by atoms with E-state index in [1.165, 1.54) is 4.88 Å².